The number of para-hydroxylation sites is 1. The minimum Gasteiger partial charge on any atom is -0.256 e. The molecular formula is C102H64N10. The Morgan fingerprint density at radius 1 is 0.188 bits per heavy atom. The largest absolute Gasteiger partial charge is 0.256 e. The molecule has 4 aromatic heterocycles. The summed E-state index contributed by atoms with van der Waals surface area (Å²) in [5, 5.41) is 25.8. The minimum absolute atomic E-state index is 0.609. The summed E-state index contributed by atoms with van der Waals surface area (Å²) in [6, 6.07) is 133. The molecule has 0 unspecified atom stereocenters. The number of nitrogens with zero attached hydrogens (tertiary/aromatic N) is 10. The van der Waals surface area contributed by atoms with E-state index < -0.39 is 0 Å². The number of hydrogen-bond acceptors (Lipinski definition) is 10. The van der Waals surface area contributed by atoms with E-state index in [1.807, 2.05) is 176 Å². The van der Waals surface area contributed by atoms with Gasteiger partial charge in [-0.25, -0.2) is 29.9 Å². The van der Waals surface area contributed by atoms with E-state index in [1.165, 1.54) is 0 Å². The van der Waals surface area contributed by atoms with Crippen LogP contribution in [0.4, 0.5) is 0 Å². The SMILES string of the molecule is N#Cc1cc(-c2ccc(-c3cccc4cccnc34)cc2)cc(-c2ccc(-c3cccc(-c4nc(-c5ccccc5)nc(-c5ccccc5)n4)c3)c3ccccc23)c1.N#Cc1cc(-c2ccc(-c3ccccn3)cc2)cc(-c2ccc(-c3cccc(-c4nc(-c5ccccc5)nc(-c5ccccc5)n4)c3)c3ccccc23)c1. The molecule has 0 saturated heterocycles. The van der Waals surface area contributed by atoms with Crippen LogP contribution in [0.1, 0.15) is 11.1 Å². The maximum atomic E-state index is 10.2. The maximum absolute atomic E-state index is 10.2. The quantitative estimate of drug-likeness (QED) is 0.103. The summed E-state index contributed by atoms with van der Waals surface area (Å²) in [6.45, 7) is 0. The first-order valence-electron chi connectivity index (χ1n) is 37.0. The Kier molecular flexibility index (Phi) is 18.7. The van der Waals surface area contributed by atoms with Gasteiger partial charge in [0.25, 0.3) is 0 Å². The number of nitriles is 2. The van der Waals surface area contributed by atoms with Gasteiger partial charge in [-0.1, -0.05) is 309 Å². The van der Waals surface area contributed by atoms with E-state index in [0.29, 0.717) is 46.1 Å². The summed E-state index contributed by atoms with van der Waals surface area (Å²) in [7, 11) is 0. The average molecular weight is 1430 g/mol. The van der Waals surface area contributed by atoms with Crippen LogP contribution in [0, 0.1) is 22.7 Å². The molecule has 0 atom stereocenters. The minimum atomic E-state index is 0.609. The smallest absolute Gasteiger partial charge is 0.164 e. The molecule has 0 aliphatic carbocycles. The van der Waals surface area contributed by atoms with Crippen molar-refractivity contribution in [2.75, 3.05) is 0 Å². The van der Waals surface area contributed by atoms with E-state index in [-0.39, 0.29) is 0 Å². The van der Waals surface area contributed by atoms with Gasteiger partial charge in [0.1, 0.15) is 0 Å². The van der Waals surface area contributed by atoms with Gasteiger partial charge in [0.2, 0.25) is 0 Å². The van der Waals surface area contributed by atoms with E-state index in [2.05, 4.69) is 228 Å². The van der Waals surface area contributed by atoms with Crippen LogP contribution in [0.2, 0.25) is 0 Å². The highest BCUT2D eigenvalue weighted by molar-refractivity contribution is 6.07. The van der Waals surface area contributed by atoms with Crippen LogP contribution in [0.15, 0.2) is 389 Å². The highest BCUT2D eigenvalue weighted by Gasteiger charge is 2.20. The van der Waals surface area contributed by atoms with E-state index in [1.54, 1.807) is 6.20 Å². The first-order chi connectivity index (χ1) is 55.4. The van der Waals surface area contributed by atoms with Crippen LogP contribution in [0.5, 0.6) is 0 Å². The van der Waals surface area contributed by atoms with Crippen molar-refractivity contribution in [2.24, 2.45) is 0 Å². The van der Waals surface area contributed by atoms with Gasteiger partial charge in [-0.05, 0) is 161 Å². The molecule has 0 aliphatic heterocycles. The molecule has 0 spiro atoms. The van der Waals surface area contributed by atoms with Gasteiger partial charge in [0.05, 0.1) is 34.5 Å². The number of pyridine rings is 2. The highest BCUT2D eigenvalue weighted by Crippen LogP contribution is 2.42. The Labute approximate surface area is 648 Å². The maximum Gasteiger partial charge on any atom is 0.164 e. The van der Waals surface area contributed by atoms with E-state index in [9.17, 15) is 10.5 Å². The van der Waals surface area contributed by atoms with E-state index in [0.717, 1.165) is 155 Å². The summed E-state index contributed by atoms with van der Waals surface area (Å²) >= 11 is 0. The number of hydrogen-bond donors (Lipinski definition) is 0. The second kappa shape index (κ2) is 30.7. The molecule has 522 valence electrons. The van der Waals surface area contributed by atoms with Crippen LogP contribution >= 0.6 is 0 Å². The van der Waals surface area contributed by atoms with Gasteiger partial charge in [-0.15, -0.1) is 0 Å². The zero-order valence-corrected chi connectivity index (χ0v) is 60.4. The monoisotopic (exact) mass is 1430 g/mol. The number of rotatable bonds is 14. The molecule has 4 heterocycles. The Hall–Kier alpha value is -15.6. The topological polar surface area (TPSA) is 151 Å². The molecular weight excluding hydrogens is 1370 g/mol. The van der Waals surface area contributed by atoms with Crippen molar-refractivity contribution in [3.8, 4) is 170 Å². The van der Waals surface area contributed by atoms with Crippen LogP contribution in [-0.4, -0.2) is 39.9 Å². The van der Waals surface area contributed by atoms with Crippen molar-refractivity contribution < 1.29 is 0 Å². The lowest BCUT2D eigenvalue weighted by Crippen LogP contribution is -2.00. The molecule has 0 amide bonds. The summed E-state index contributed by atoms with van der Waals surface area (Å²) < 4.78 is 0. The lowest BCUT2D eigenvalue weighted by molar-refractivity contribution is 1.07. The molecule has 0 bridgehead atoms. The van der Waals surface area contributed by atoms with Crippen molar-refractivity contribution in [3.05, 3.63) is 400 Å². The average Bonchev–Trinajstić information content (AvgIpc) is 0.740. The Balaban J connectivity index is 0.000000157. The van der Waals surface area contributed by atoms with Crippen LogP contribution in [-0.2, 0) is 0 Å². The van der Waals surface area contributed by atoms with Crippen LogP contribution in [0.25, 0.3) is 190 Å². The third-order valence-corrected chi connectivity index (χ3v) is 20.2. The molecule has 19 rings (SSSR count). The third-order valence-electron chi connectivity index (χ3n) is 20.2. The van der Waals surface area contributed by atoms with Gasteiger partial charge < -0.3 is 0 Å². The fraction of sp³-hybridized carbons (Fsp3) is 0. The normalized spacial score (nSPS) is 11.0. The number of fused-ring (bicyclic) bond motifs is 3. The Morgan fingerprint density at radius 2 is 0.500 bits per heavy atom. The van der Waals surface area contributed by atoms with Gasteiger partial charge >= 0.3 is 0 Å². The van der Waals surface area contributed by atoms with Crippen molar-refractivity contribution >= 4 is 32.4 Å². The molecule has 19 aromatic rings. The lowest BCUT2D eigenvalue weighted by atomic mass is 9.89. The second-order valence-electron chi connectivity index (χ2n) is 27.2. The van der Waals surface area contributed by atoms with Gasteiger partial charge in [-0.2, -0.15) is 10.5 Å². The Morgan fingerprint density at radius 3 is 0.902 bits per heavy atom. The van der Waals surface area contributed by atoms with Crippen molar-refractivity contribution in [3.63, 3.8) is 0 Å². The fourth-order valence-electron chi connectivity index (χ4n) is 14.7. The molecule has 0 N–H and O–H groups in total. The lowest BCUT2D eigenvalue weighted by Gasteiger charge is -2.15. The predicted molar refractivity (Wildman–Crippen MR) is 453 cm³/mol. The van der Waals surface area contributed by atoms with Crippen molar-refractivity contribution in [1.82, 2.24) is 39.9 Å². The standard InChI is InChI=1S/C53H33N5.C49H31N5/c54-34-35-30-43(36-23-25-37(26-24-36)47-22-10-16-38-19-11-29-55-50(38)47)33-44(31-35)46-28-27-45(48-20-7-8-21-49(46)48)41-17-9-18-42(32-41)53-57-51(39-12-3-1-4-13-39)56-52(58-53)40-14-5-2-6-15-40;50-32-33-28-40(34-21-23-35(24-22-34)46-20-9-10-27-51-46)31-41(29-33)43-26-25-42(44-18-7-8-19-45(43)44)38-16-11-17-39(30-38)49-53-47(36-12-3-1-4-13-36)52-48(54-49)37-14-5-2-6-15-37/h1-33H;1-31H. The summed E-state index contributed by atoms with van der Waals surface area (Å²) in [6.07, 6.45) is 3.64. The first kappa shape index (κ1) is 68.2. The van der Waals surface area contributed by atoms with Crippen molar-refractivity contribution in [1.29, 1.82) is 10.5 Å². The predicted octanol–water partition coefficient (Wildman–Crippen LogP) is 25.1. The van der Waals surface area contributed by atoms with Crippen LogP contribution in [0.3, 0.4) is 0 Å². The number of aromatic nitrogens is 8. The van der Waals surface area contributed by atoms with Crippen LogP contribution < -0.4 is 0 Å². The fourth-order valence-corrected chi connectivity index (χ4v) is 14.7. The van der Waals surface area contributed by atoms with E-state index >= 15 is 0 Å². The molecule has 15 aromatic carbocycles. The van der Waals surface area contributed by atoms with Gasteiger partial charge in [0.15, 0.2) is 34.9 Å². The Bertz CT molecular complexity index is 6680. The van der Waals surface area contributed by atoms with Gasteiger partial charge in [0, 0.05) is 62.3 Å². The second-order valence-corrected chi connectivity index (χ2v) is 27.2. The molecule has 0 fully saturated rings. The molecule has 0 radical (unpaired) electrons. The summed E-state index contributed by atoms with van der Waals surface area (Å²) in [5.41, 5.74) is 24.3. The summed E-state index contributed by atoms with van der Waals surface area (Å²) in [5.74, 6) is 3.73. The molecule has 10 nitrogen and oxygen atoms in total. The molecule has 0 saturated carbocycles. The molecule has 0 aliphatic rings. The van der Waals surface area contributed by atoms with Crippen molar-refractivity contribution in [2.45, 2.75) is 0 Å². The zero-order chi connectivity index (χ0) is 75.1. The highest BCUT2D eigenvalue weighted by atomic mass is 15.0. The first-order valence-corrected chi connectivity index (χ1v) is 37.0. The number of benzene rings is 15. The van der Waals surface area contributed by atoms with E-state index in [4.69, 9.17) is 29.9 Å². The molecule has 10 heteroatoms. The summed E-state index contributed by atoms with van der Waals surface area (Å²) in [4.78, 5) is 38.8. The molecule has 112 heavy (non-hydrogen) atoms. The third kappa shape index (κ3) is 14.1. The van der Waals surface area contributed by atoms with Gasteiger partial charge in [-0.3, -0.25) is 9.97 Å². The zero-order valence-electron chi connectivity index (χ0n) is 60.4.